The van der Waals surface area contributed by atoms with E-state index in [1.54, 1.807) is 6.20 Å². The molecule has 9 nitrogen and oxygen atoms in total. The molecule has 0 unspecified atom stereocenters. The molecule has 134 valence electrons. The zero-order chi connectivity index (χ0) is 18.2. The molecule has 0 saturated heterocycles. The Labute approximate surface area is 159 Å². The van der Waals surface area contributed by atoms with Crippen LogP contribution in [-0.2, 0) is 20.8 Å². The Balaban J connectivity index is 1.60. The van der Waals surface area contributed by atoms with Gasteiger partial charge >= 0.3 is 5.95 Å². The van der Waals surface area contributed by atoms with Crippen molar-refractivity contribution < 1.29 is 24.5 Å². The highest BCUT2D eigenvalue weighted by Crippen LogP contribution is 2.39. The number of nitrogens with one attached hydrogen (secondary N) is 3. The van der Waals surface area contributed by atoms with E-state index in [-0.39, 0.29) is 28.3 Å². The second kappa shape index (κ2) is 6.89. The van der Waals surface area contributed by atoms with Crippen LogP contribution in [0.5, 0.6) is 0 Å². The van der Waals surface area contributed by atoms with Gasteiger partial charge in [0.2, 0.25) is 0 Å². The second-order valence-corrected chi connectivity index (χ2v) is 7.66. The van der Waals surface area contributed by atoms with Crippen LogP contribution in [-0.4, -0.2) is 50.6 Å². The summed E-state index contributed by atoms with van der Waals surface area (Å²) >= 11 is 6.31. The maximum atomic E-state index is 12.2. The summed E-state index contributed by atoms with van der Waals surface area (Å²) in [5, 5.41) is 16.9. The number of aliphatic hydroxyl groups is 1. The molecule has 0 saturated carbocycles. The van der Waals surface area contributed by atoms with Crippen LogP contribution in [0.15, 0.2) is 21.9 Å². The van der Waals surface area contributed by atoms with Crippen molar-refractivity contribution in [2.24, 2.45) is 5.16 Å². The van der Waals surface area contributed by atoms with Crippen molar-refractivity contribution in [3.8, 4) is 0 Å². The number of hydrogen-bond donors (Lipinski definition) is 4. The number of hydrogen-bond acceptors (Lipinski definition) is 6. The van der Waals surface area contributed by atoms with Crippen molar-refractivity contribution in [3.05, 3.63) is 22.4 Å². The van der Waals surface area contributed by atoms with Gasteiger partial charge in [0.05, 0.1) is 10.7 Å². The van der Waals surface area contributed by atoms with E-state index >= 15 is 0 Å². The van der Waals surface area contributed by atoms with Gasteiger partial charge in [-0.05, 0) is 22.0 Å². The zero-order valence-electron chi connectivity index (χ0n) is 12.9. The topological polar surface area (TPSA) is 144 Å². The fourth-order valence-electron chi connectivity index (χ4n) is 2.68. The highest BCUT2D eigenvalue weighted by Gasteiger charge is 2.53. The van der Waals surface area contributed by atoms with Crippen molar-refractivity contribution in [2.75, 3.05) is 12.3 Å². The number of anilines is 1. The van der Waals surface area contributed by atoms with Crippen molar-refractivity contribution in [3.63, 3.8) is 0 Å². The number of nitrogens with zero attached hydrogens (tertiary/aromatic N) is 1. The lowest BCUT2D eigenvalue weighted by atomic mass is 9.83. The standard InChI is InChI=1S/C14H15Br2N5O4/c15-7-3-14(11(23)9(16)10(7)22)4-8(21-25-14)12(24)18-2-1-6-5-19-13(17)20-6/h3,5,9,11,23H,1-2,4H2,(H,18,24)(H3,17,19,20)/p+1/t9-,11+,14-/m1/s1. The van der Waals surface area contributed by atoms with Gasteiger partial charge in [-0.25, -0.2) is 9.97 Å². The Hall–Kier alpha value is -1.72. The maximum absolute atomic E-state index is 12.2. The quantitative estimate of drug-likeness (QED) is 0.435. The van der Waals surface area contributed by atoms with Crippen molar-refractivity contribution in [1.82, 2.24) is 10.3 Å². The summed E-state index contributed by atoms with van der Waals surface area (Å²) in [6, 6.07) is 0. The molecule has 0 aromatic carbocycles. The normalized spacial score (nSPS) is 28.5. The molecule has 2 aliphatic rings. The van der Waals surface area contributed by atoms with Crippen LogP contribution in [0, 0.1) is 0 Å². The Morgan fingerprint density at radius 2 is 2.40 bits per heavy atom. The number of aromatic nitrogens is 2. The number of imidazole rings is 1. The Bertz CT molecular complexity index is 777. The molecule has 0 fully saturated rings. The molecule has 0 bridgehead atoms. The number of amides is 1. The van der Waals surface area contributed by atoms with Crippen LogP contribution in [0.25, 0.3) is 0 Å². The first-order valence-corrected chi connectivity index (χ1v) is 9.16. The first-order valence-electron chi connectivity index (χ1n) is 7.45. The zero-order valence-corrected chi connectivity index (χ0v) is 16.1. The number of Topliss-reactive ketones (excluding diaryl/α,β-unsaturated/α-hetero) is 1. The van der Waals surface area contributed by atoms with Gasteiger partial charge in [0.25, 0.3) is 5.91 Å². The van der Waals surface area contributed by atoms with Gasteiger partial charge in [0.1, 0.15) is 22.3 Å². The number of carbonyl (C=O) groups is 2. The number of allylic oxidation sites excluding steroid dienone is 1. The number of oxime groups is 1. The number of ketones is 1. The van der Waals surface area contributed by atoms with E-state index in [0.717, 1.165) is 5.69 Å². The van der Waals surface area contributed by atoms with Crippen molar-refractivity contribution in [2.45, 2.75) is 29.4 Å². The number of rotatable bonds is 4. The fourth-order valence-corrected chi connectivity index (χ4v) is 4.31. The smallest absolute Gasteiger partial charge is 0.350 e. The van der Waals surface area contributed by atoms with Gasteiger partial charge in [0.15, 0.2) is 11.4 Å². The lowest BCUT2D eigenvalue weighted by molar-refractivity contribution is -0.358. The van der Waals surface area contributed by atoms with Gasteiger partial charge in [-0.15, -0.1) is 0 Å². The summed E-state index contributed by atoms with van der Waals surface area (Å²) in [4.78, 5) is 34.3. The largest absolute Gasteiger partial charge is 0.387 e. The van der Waals surface area contributed by atoms with Gasteiger partial charge in [-0.3, -0.25) is 15.3 Å². The van der Waals surface area contributed by atoms with Crippen LogP contribution in [0.4, 0.5) is 5.95 Å². The second-order valence-electron chi connectivity index (χ2n) is 5.82. The number of H-pyrrole nitrogens is 2. The molecule has 2 heterocycles. The predicted octanol–water partition coefficient (Wildman–Crippen LogP) is -0.429. The SMILES string of the molecule is Nc1[nH]c(CCNC(=O)C2=NO[C@]3(C=C(Br)C(=O)[C@@H](Br)[C@@H]3O)C2)c[nH+]1. The molecule has 6 N–H and O–H groups in total. The van der Waals surface area contributed by atoms with Crippen molar-refractivity contribution in [1.29, 1.82) is 0 Å². The van der Waals surface area contributed by atoms with E-state index in [0.29, 0.717) is 18.9 Å². The van der Waals surface area contributed by atoms with Crippen molar-refractivity contribution >= 4 is 55.2 Å². The molecule has 1 aliphatic carbocycles. The number of carbonyl (C=O) groups excluding carboxylic acids is 2. The third kappa shape index (κ3) is 3.48. The average molecular weight is 478 g/mol. The van der Waals surface area contributed by atoms with Crippen LogP contribution in [0.1, 0.15) is 12.1 Å². The summed E-state index contributed by atoms with van der Waals surface area (Å²) in [7, 11) is 0. The van der Waals surface area contributed by atoms with Gasteiger partial charge in [-0.1, -0.05) is 21.1 Å². The van der Waals surface area contributed by atoms with E-state index in [4.69, 9.17) is 10.6 Å². The summed E-state index contributed by atoms with van der Waals surface area (Å²) in [6.07, 6.45) is 2.64. The molecule has 11 heteroatoms. The molecular formula is C14H16Br2N5O4+. The lowest BCUT2D eigenvalue weighted by Gasteiger charge is -2.34. The fraction of sp³-hybridized carbons (Fsp3) is 0.429. The van der Waals surface area contributed by atoms with Crippen LogP contribution in [0.2, 0.25) is 0 Å². The molecule has 1 amide bonds. The molecule has 1 aromatic heterocycles. The van der Waals surface area contributed by atoms with Crippen LogP contribution >= 0.6 is 31.9 Å². The lowest BCUT2D eigenvalue weighted by Crippen LogP contribution is -2.52. The minimum Gasteiger partial charge on any atom is -0.387 e. The molecule has 25 heavy (non-hydrogen) atoms. The number of nitrogen functional groups attached to an aromatic ring is 1. The number of aliphatic hydroxyl groups excluding tert-OH is 1. The monoisotopic (exact) mass is 476 g/mol. The Morgan fingerprint density at radius 1 is 1.64 bits per heavy atom. The third-order valence-corrected chi connectivity index (χ3v) is 5.58. The molecule has 1 spiro atoms. The van der Waals surface area contributed by atoms with Gasteiger partial charge in [-0.2, -0.15) is 0 Å². The Kier molecular flexibility index (Phi) is 4.98. The minimum absolute atomic E-state index is 0.0632. The summed E-state index contributed by atoms with van der Waals surface area (Å²) in [5.41, 5.74) is 5.31. The number of nitrogens with two attached hydrogens (primary N) is 1. The van der Waals surface area contributed by atoms with Crippen LogP contribution in [0.3, 0.4) is 0 Å². The first-order chi connectivity index (χ1) is 11.8. The maximum Gasteiger partial charge on any atom is 0.350 e. The molecule has 0 radical (unpaired) electrons. The number of halogens is 2. The number of aromatic amines is 2. The molecule has 1 aromatic rings. The Morgan fingerprint density at radius 3 is 3.08 bits per heavy atom. The number of alkyl halides is 1. The minimum atomic E-state index is -1.24. The average Bonchev–Trinajstić information content (AvgIpc) is 3.18. The molecular weight excluding hydrogens is 462 g/mol. The third-order valence-electron chi connectivity index (χ3n) is 4.04. The molecule has 3 atom stereocenters. The van der Waals surface area contributed by atoms with Gasteiger partial charge in [0, 0.05) is 19.4 Å². The van der Waals surface area contributed by atoms with E-state index in [9.17, 15) is 14.7 Å². The summed E-state index contributed by atoms with van der Waals surface area (Å²) in [6.45, 7) is 0.375. The highest BCUT2D eigenvalue weighted by atomic mass is 79.9. The van der Waals surface area contributed by atoms with Crippen LogP contribution < -0.4 is 16.0 Å². The predicted molar refractivity (Wildman–Crippen MR) is 95.1 cm³/mol. The highest BCUT2D eigenvalue weighted by molar-refractivity contribution is 9.12. The summed E-state index contributed by atoms with van der Waals surface area (Å²) in [5.74, 6) is -0.235. The van der Waals surface area contributed by atoms with E-state index in [1.165, 1.54) is 6.08 Å². The molecule has 3 rings (SSSR count). The van der Waals surface area contributed by atoms with E-state index < -0.39 is 16.5 Å². The first kappa shape index (κ1) is 18.1. The van der Waals surface area contributed by atoms with E-state index in [1.807, 2.05) is 0 Å². The van der Waals surface area contributed by atoms with E-state index in [2.05, 4.69) is 52.3 Å². The van der Waals surface area contributed by atoms with Gasteiger partial charge < -0.3 is 15.3 Å². The summed E-state index contributed by atoms with van der Waals surface area (Å²) < 4.78 is 0.275. The molecule has 1 aliphatic heterocycles.